The Labute approximate surface area is 176 Å². The molecule has 6 nitrogen and oxygen atoms in total. The quantitative estimate of drug-likeness (QED) is 0.399. The molecular formula is C23H41N3O3. The number of carbonyl (C=O) groups excluding carboxylic acids is 1. The second-order valence-corrected chi connectivity index (χ2v) is 9.95. The van der Waals surface area contributed by atoms with E-state index in [0.717, 1.165) is 56.3 Å². The lowest BCUT2D eigenvalue weighted by Gasteiger charge is -2.26. The van der Waals surface area contributed by atoms with E-state index >= 15 is 0 Å². The van der Waals surface area contributed by atoms with E-state index < -0.39 is 5.60 Å². The van der Waals surface area contributed by atoms with Gasteiger partial charge in [0.15, 0.2) is 0 Å². The molecule has 1 atom stereocenters. The SMILES string of the molecule is CCCCCCC(C)(C)OC(=O)COC1CCCCCc2c1nnn2C(C)(C)C. The molecule has 0 radical (unpaired) electrons. The van der Waals surface area contributed by atoms with Crippen molar-refractivity contribution in [1.29, 1.82) is 0 Å². The molecule has 0 bridgehead atoms. The number of fused-ring (bicyclic) bond motifs is 1. The van der Waals surface area contributed by atoms with E-state index in [9.17, 15) is 4.79 Å². The van der Waals surface area contributed by atoms with E-state index in [-0.39, 0.29) is 24.2 Å². The van der Waals surface area contributed by atoms with E-state index in [4.69, 9.17) is 9.47 Å². The number of hydrogen-bond acceptors (Lipinski definition) is 5. The molecule has 0 saturated heterocycles. The van der Waals surface area contributed by atoms with Gasteiger partial charge in [0, 0.05) is 0 Å². The average Bonchev–Trinajstić information content (AvgIpc) is 3.01. The van der Waals surface area contributed by atoms with Gasteiger partial charge in [-0.1, -0.05) is 44.2 Å². The van der Waals surface area contributed by atoms with Crippen molar-refractivity contribution >= 4 is 5.97 Å². The van der Waals surface area contributed by atoms with Gasteiger partial charge in [0.1, 0.15) is 24.0 Å². The summed E-state index contributed by atoms with van der Waals surface area (Å²) in [7, 11) is 0. The van der Waals surface area contributed by atoms with Gasteiger partial charge < -0.3 is 9.47 Å². The molecule has 1 unspecified atom stereocenters. The van der Waals surface area contributed by atoms with Crippen LogP contribution >= 0.6 is 0 Å². The topological polar surface area (TPSA) is 66.2 Å². The normalized spacial score (nSPS) is 18.1. The van der Waals surface area contributed by atoms with Gasteiger partial charge in [-0.05, 0) is 66.7 Å². The molecular weight excluding hydrogens is 366 g/mol. The van der Waals surface area contributed by atoms with Crippen LogP contribution < -0.4 is 0 Å². The number of nitrogens with zero attached hydrogens (tertiary/aromatic N) is 3. The van der Waals surface area contributed by atoms with Crippen LogP contribution in [0.4, 0.5) is 0 Å². The van der Waals surface area contributed by atoms with Gasteiger partial charge in [-0.2, -0.15) is 0 Å². The third kappa shape index (κ3) is 7.40. The molecule has 1 heterocycles. The fourth-order valence-electron chi connectivity index (χ4n) is 3.97. The standard InChI is InChI=1S/C23H41N3O3/c1-7-8-9-13-16-23(5,6)29-20(27)17-28-19-15-12-10-11-14-18-21(19)24-25-26(18)22(2,3)4/h19H,7-17H2,1-6H3. The summed E-state index contributed by atoms with van der Waals surface area (Å²) in [6, 6.07) is 0. The van der Waals surface area contributed by atoms with E-state index in [1.807, 2.05) is 18.5 Å². The van der Waals surface area contributed by atoms with E-state index in [1.165, 1.54) is 19.3 Å². The van der Waals surface area contributed by atoms with Crippen molar-refractivity contribution in [1.82, 2.24) is 15.0 Å². The van der Waals surface area contributed by atoms with Crippen LogP contribution in [0.15, 0.2) is 0 Å². The van der Waals surface area contributed by atoms with Crippen molar-refractivity contribution < 1.29 is 14.3 Å². The molecule has 0 N–H and O–H groups in total. The molecule has 1 aliphatic rings. The molecule has 166 valence electrons. The lowest BCUT2D eigenvalue weighted by molar-refractivity contribution is -0.165. The summed E-state index contributed by atoms with van der Waals surface area (Å²) >= 11 is 0. The molecule has 0 spiro atoms. The number of rotatable bonds is 9. The fourth-order valence-corrected chi connectivity index (χ4v) is 3.97. The van der Waals surface area contributed by atoms with Gasteiger partial charge in [0.25, 0.3) is 0 Å². The third-order valence-electron chi connectivity index (χ3n) is 5.54. The summed E-state index contributed by atoms with van der Waals surface area (Å²) < 4.78 is 13.8. The number of carbonyl (C=O) groups is 1. The summed E-state index contributed by atoms with van der Waals surface area (Å²) in [5.74, 6) is -0.294. The van der Waals surface area contributed by atoms with Crippen LogP contribution in [0.25, 0.3) is 0 Å². The highest BCUT2D eigenvalue weighted by Crippen LogP contribution is 2.31. The zero-order valence-electron chi connectivity index (χ0n) is 19.4. The maximum absolute atomic E-state index is 12.4. The predicted molar refractivity (Wildman–Crippen MR) is 115 cm³/mol. The Morgan fingerprint density at radius 2 is 1.86 bits per heavy atom. The molecule has 0 aromatic carbocycles. The first-order valence-corrected chi connectivity index (χ1v) is 11.4. The van der Waals surface area contributed by atoms with Crippen LogP contribution in [-0.4, -0.2) is 33.2 Å². The maximum atomic E-state index is 12.4. The van der Waals surface area contributed by atoms with E-state index in [0.29, 0.717) is 0 Å². The minimum atomic E-state index is -0.449. The first-order valence-electron chi connectivity index (χ1n) is 11.4. The summed E-state index contributed by atoms with van der Waals surface area (Å²) in [6.45, 7) is 12.5. The largest absolute Gasteiger partial charge is 0.458 e. The molecule has 1 aromatic heterocycles. The fraction of sp³-hybridized carbons (Fsp3) is 0.870. The van der Waals surface area contributed by atoms with Gasteiger partial charge in [-0.15, -0.1) is 5.10 Å². The lowest BCUT2D eigenvalue weighted by Crippen LogP contribution is -2.30. The van der Waals surface area contributed by atoms with Crippen LogP contribution in [-0.2, 0) is 26.2 Å². The van der Waals surface area contributed by atoms with Gasteiger partial charge in [0.05, 0.1) is 11.2 Å². The number of hydrogen-bond donors (Lipinski definition) is 0. The van der Waals surface area contributed by atoms with Crippen molar-refractivity contribution in [3.63, 3.8) is 0 Å². The lowest BCUT2D eigenvalue weighted by atomic mass is 9.97. The Balaban J connectivity index is 1.96. The Morgan fingerprint density at radius 1 is 1.10 bits per heavy atom. The van der Waals surface area contributed by atoms with Gasteiger partial charge in [-0.25, -0.2) is 9.48 Å². The highest BCUT2D eigenvalue weighted by atomic mass is 16.6. The third-order valence-corrected chi connectivity index (χ3v) is 5.54. The van der Waals surface area contributed by atoms with Crippen molar-refractivity contribution in [2.75, 3.05) is 6.61 Å². The molecule has 1 aromatic rings. The van der Waals surface area contributed by atoms with Crippen LogP contribution in [0.3, 0.4) is 0 Å². The molecule has 6 heteroatoms. The van der Waals surface area contributed by atoms with Crippen molar-refractivity contribution in [3.05, 3.63) is 11.4 Å². The van der Waals surface area contributed by atoms with Gasteiger partial charge >= 0.3 is 5.97 Å². The molecule has 2 rings (SSSR count). The second-order valence-electron chi connectivity index (χ2n) is 9.95. The van der Waals surface area contributed by atoms with Crippen molar-refractivity contribution in [3.8, 4) is 0 Å². The minimum absolute atomic E-state index is 0.0368. The Morgan fingerprint density at radius 3 is 2.55 bits per heavy atom. The van der Waals surface area contributed by atoms with Crippen molar-refractivity contribution in [2.45, 2.75) is 123 Å². The summed E-state index contributed by atoms with van der Waals surface area (Å²) in [4.78, 5) is 12.4. The number of esters is 1. The van der Waals surface area contributed by atoms with Gasteiger partial charge in [0.2, 0.25) is 0 Å². The van der Waals surface area contributed by atoms with Crippen LogP contribution in [0.5, 0.6) is 0 Å². The van der Waals surface area contributed by atoms with Crippen LogP contribution in [0.2, 0.25) is 0 Å². The average molecular weight is 408 g/mol. The number of unbranched alkanes of at least 4 members (excludes halogenated alkanes) is 3. The summed E-state index contributed by atoms with van der Waals surface area (Å²) in [6.07, 6.45) is 10.6. The monoisotopic (exact) mass is 407 g/mol. The number of aromatic nitrogens is 3. The zero-order valence-corrected chi connectivity index (χ0v) is 19.4. The molecule has 0 aliphatic heterocycles. The summed E-state index contributed by atoms with van der Waals surface area (Å²) in [5, 5.41) is 8.86. The van der Waals surface area contributed by atoms with Gasteiger partial charge in [-0.3, -0.25) is 0 Å². The zero-order chi connectivity index (χ0) is 21.5. The highest BCUT2D eigenvalue weighted by molar-refractivity contribution is 5.71. The van der Waals surface area contributed by atoms with E-state index in [2.05, 4.69) is 38.0 Å². The molecule has 29 heavy (non-hydrogen) atoms. The Hall–Kier alpha value is -1.43. The first kappa shape index (κ1) is 23.8. The van der Waals surface area contributed by atoms with E-state index in [1.54, 1.807) is 0 Å². The summed E-state index contributed by atoms with van der Waals surface area (Å²) in [5.41, 5.74) is 1.47. The Bertz CT molecular complexity index is 646. The molecule has 0 amide bonds. The van der Waals surface area contributed by atoms with Crippen LogP contribution in [0.1, 0.15) is 117 Å². The number of ether oxygens (including phenoxy) is 2. The second kappa shape index (κ2) is 10.6. The van der Waals surface area contributed by atoms with Crippen LogP contribution in [0, 0.1) is 0 Å². The smallest absolute Gasteiger partial charge is 0.332 e. The Kier molecular flexibility index (Phi) is 8.68. The highest BCUT2D eigenvalue weighted by Gasteiger charge is 2.29. The van der Waals surface area contributed by atoms with Crippen molar-refractivity contribution in [2.24, 2.45) is 0 Å². The molecule has 1 aliphatic carbocycles. The molecule has 0 saturated carbocycles. The maximum Gasteiger partial charge on any atom is 0.332 e. The first-order chi connectivity index (χ1) is 13.6. The predicted octanol–water partition coefficient (Wildman–Crippen LogP) is 5.50. The minimum Gasteiger partial charge on any atom is -0.458 e. The molecule has 0 fully saturated rings.